The summed E-state index contributed by atoms with van der Waals surface area (Å²) in [6.07, 6.45) is -1.73. The minimum absolute atomic E-state index is 0.0247. The average molecular weight is 676 g/mol. The number of benzene rings is 3. The maximum absolute atomic E-state index is 14.2. The molecule has 260 valence electrons. The summed E-state index contributed by atoms with van der Waals surface area (Å²) in [5.41, 5.74) is 4.66. The molecule has 49 heavy (non-hydrogen) atoms. The SMILES string of the molecule is CC(C)c1c(C(=O)Nc2ccccc2)c(-c2ccccc2)c(-c2ccc(F)cc2)n1CCC(O)C[C@@H](O)CC(=O)OCCCCO[N+](=O)[O-]. The van der Waals surface area contributed by atoms with E-state index in [0.717, 1.165) is 11.3 Å². The van der Waals surface area contributed by atoms with Crippen LogP contribution in [0.2, 0.25) is 0 Å². The van der Waals surface area contributed by atoms with Crippen molar-refractivity contribution in [2.45, 2.75) is 70.6 Å². The smallest absolute Gasteiger partial charge is 0.308 e. The van der Waals surface area contributed by atoms with Gasteiger partial charge >= 0.3 is 5.97 Å². The lowest BCUT2D eigenvalue weighted by atomic mass is 9.94. The minimum atomic E-state index is -1.17. The van der Waals surface area contributed by atoms with Gasteiger partial charge in [-0.05, 0) is 79.1 Å². The van der Waals surface area contributed by atoms with Crippen molar-refractivity contribution >= 4 is 17.6 Å². The van der Waals surface area contributed by atoms with E-state index < -0.39 is 29.1 Å². The molecule has 2 atom stereocenters. The highest BCUT2D eigenvalue weighted by Gasteiger charge is 2.31. The topological polar surface area (TPSA) is 153 Å². The van der Waals surface area contributed by atoms with Crippen LogP contribution in [-0.4, -0.2) is 57.2 Å². The predicted octanol–water partition coefficient (Wildman–Crippen LogP) is 6.76. The summed E-state index contributed by atoms with van der Waals surface area (Å²) in [6, 6.07) is 24.7. The standard InChI is InChI=1S/C37H42FN3O8/c1-25(2)35-34(37(45)39-29-13-7-4-8-14-29)33(26-11-5-3-6-12-26)36(27-15-17-28(38)18-16-27)40(35)20-19-30(42)23-31(43)24-32(44)48-21-9-10-22-49-41(46)47/h3-8,11-18,25,30-31,42-43H,9-10,19-24H2,1-2H3,(H,39,45)/t30?,31-/m1/s1. The molecule has 1 unspecified atom stereocenters. The van der Waals surface area contributed by atoms with Crippen LogP contribution in [0.4, 0.5) is 10.1 Å². The van der Waals surface area contributed by atoms with Gasteiger partial charge in [0.25, 0.3) is 11.0 Å². The van der Waals surface area contributed by atoms with Gasteiger partial charge in [0, 0.05) is 23.5 Å². The monoisotopic (exact) mass is 675 g/mol. The zero-order valence-electron chi connectivity index (χ0n) is 27.6. The second-order valence-corrected chi connectivity index (χ2v) is 12.0. The van der Waals surface area contributed by atoms with E-state index >= 15 is 0 Å². The first-order valence-corrected chi connectivity index (χ1v) is 16.3. The van der Waals surface area contributed by atoms with Crippen molar-refractivity contribution in [1.82, 2.24) is 4.57 Å². The van der Waals surface area contributed by atoms with Crippen LogP contribution < -0.4 is 5.32 Å². The highest BCUT2D eigenvalue weighted by molar-refractivity contribution is 6.12. The Bertz CT molecular complexity index is 1680. The molecule has 4 rings (SSSR count). The lowest BCUT2D eigenvalue weighted by Gasteiger charge is -2.20. The van der Waals surface area contributed by atoms with Crippen LogP contribution in [0, 0.1) is 15.9 Å². The number of aliphatic hydroxyl groups is 2. The summed E-state index contributed by atoms with van der Waals surface area (Å²) in [5, 5.41) is 33.9. The fraction of sp³-hybridized carbons (Fsp3) is 0.351. The summed E-state index contributed by atoms with van der Waals surface area (Å²) in [6.45, 7) is 4.14. The number of aromatic nitrogens is 1. The van der Waals surface area contributed by atoms with Crippen LogP contribution in [0.25, 0.3) is 22.4 Å². The molecule has 0 saturated carbocycles. The van der Waals surface area contributed by atoms with Crippen molar-refractivity contribution in [3.8, 4) is 22.4 Å². The van der Waals surface area contributed by atoms with Gasteiger partial charge in [0.05, 0.1) is 43.1 Å². The molecule has 0 fully saturated rings. The number of hydrogen-bond acceptors (Lipinski definition) is 8. The normalized spacial score (nSPS) is 12.4. The predicted molar refractivity (Wildman–Crippen MR) is 183 cm³/mol. The largest absolute Gasteiger partial charge is 0.466 e. The Hall–Kier alpha value is -5.07. The number of carbonyl (C=O) groups is 2. The Morgan fingerprint density at radius 1 is 0.898 bits per heavy atom. The molecule has 0 saturated heterocycles. The Kier molecular flexibility index (Phi) is 13.4. The van der Waals surface area contributed by atoms with E-state index in [9.17, 15) is 34.3 Å². The molecule has 12 heteroatoms. The third kappa shape index (κ3) is 10.5. The Labute approximate surface area is 284 Å². The van der Waals surface area contributed by atoms with Gasteiger partial charge in [0.2, 0.25) is 0 Å². The summed E-state index contributed by atoms with van der Waals surface area (Å²) in [7, 11) is 0. The highest BCUT2D eigenvalue weighted by atomic mass is 19.1. The summed E-state index contributed by atoms with van der Waals surface area (Å²) in [5.74, 6) is -1.50. The van der Waals surface area contributed by atoms with Crippen molar-refractivity contribution < 1.29 is 38.9 Å². The number of nitrogens with zero attached hydrogens (tertiary/aromatic N) is 2. The molecule has 0 aliphatic rings. The number of anilines is 1. The second kappa shape index (κ2) is 17.9. The Balaban J connectivity index is 1.60. The molecule has 3 aromatic carbocycles. The average Bonchev–Trinajstić information content (AvgIpc) is 3.42. The third-order valence-electron chi connectivity index (χ3n) is 7.92. The van der Waals surface area contributed by atoms with Gasteiger partial charge in [0.1, 0.15) is 5.82 Å². The van der Waals surface area contributed by atoms with Gasteiger partial charge in [-0.3, -0.25) is 9.59 Å². The molecule has 3 N–H and O–H groups in total. The molecule has 1 amide bonds. The van der Waals surface area contributed by atoms with Gasteiger partial charge in [-0.2, -0.15) is 0 Å². The maximum Gasteiger partial charge on any atom is 0.308 e. The quantitative estimate of drug-likeness (QED) is 0.0453. The van der Waals surface area contributed by atoms with Gasteiger partial charge < -0.3 is 29.7 Å². The second-order valence-electron chi connectivity index (χ2n) is 12.0. The van der Waals surface area contributed by atoms with Crippen LogP contribution in [0.15, 0.2) is 84.9 Å². The number of rotatable bonds is 18. The van der Waals surface area contributed by atoms with E-state index in [1.807, 2.05) is 66.9 Å². The zero-order chi connectivity index (χ0) is 35.3. The van der Waals surface area contributed by atoms with Crippen molar-refractivity contribution in [2.24, 2.45) is 0 Å². The Morgan fingerprint density at radius 2 is 1.53 bits per heavy atom. The number of unbranched alkanes of at least 4 members (excludes halogenated alkanes) is 1. The van der Waals surface area contributed by atoms with Crippen LogP contribution >= 0.6 is 0 Å². The van der Waals surface area contributed by atoms with Crippen molar-refractivity contribution in [1.29, 1.82) is 0 Å². The molecule has 0 radical (unpaired) electrons. The molecule has 4 aromatic rings. The molecule has 0 aliphatic carbocycles. The molecule has 0 bridgehead atoms. The van der Waals surface area contributed by atoms with Gasteiger partial charge in [-0.1, -0.05) is 62.4 Å². The minimum Gasteiger partial charge on any atom is -0.466 e. The summed E-state index contributed by atoms with van der Waals surface area (Å²) in [4.78, 5) is 40.8. The molecule has 0 spiro atoms. The van der Waals surface area contributed by atoms with Crippen molar-refractivity contribution in [2.75, 3.05) is 18.5 Å². The lowest BCUT2D eigenvalue weighted by molar-refractivity contribution is -0.757. The van der Waals surface area contributed by atoms with Crippen molar-refractivity contribution in [3.05, 3.63) is 112 Å². The van der Waals surface area contributed by atoms with Crippen LogP contribution in [-0.2, 0) is 20.9 Å². The third-order valence-corrected chi connectivity index (χ3v) is 7.92. The van der Waals surface area contributed by atoms with E-state index in [-0.39, 0.29) is 50.8 Å². The van der Waals surface area contributed by atoms with E-state index in [2.05, 4.69) is 10.2 Å². The number of para-hydroxylation sites is 1. The number of nitrogens with one attached hydrogen (secondary N) is 1. The van der Waals surface area contributed by atoms with E-state index in [1.165, 1.54) is 12.1 Å². The number of ether oxygens (including phenoxy) is 1. The highest BCUT2D eigenvalue weighted by Crippen LogP contribution is 2.42. The summed E-state index contributed by atoms with van der Waals surface area (Å²) >= 11 is 0. The van der Waals surface area contributed by atoms with Gasteiger partial charge in [-0.25, -0.2) is 4.39 Å². The zero-order valence-corrected chi connectivity index (χ0v) is 27.6. The van der Waals surface area contributed by atoms with E-state index in [1.54, 1.807) is 24.3 Å². The molecule has 11 nitrogen and oxygen atoms in total. The molecule has 1 aromatic heterocycles. The number of carbonyl (C=O) groups excluding carboxylic acids is 2. The number of esters is 1. The Morgan fingerprint density at radius 3 is 2.16 bits per heavy atom. The number of hydrogen-bond donors (Lipinski definition) is 3. The first-order chi connectivity index (χ1) is 23.5. The summed E-state index contributed by atoms with van der Waals surface area (Å²) < 4.78 is 21.2. The first kappa shape index (κ1) is 36.8. The van der Waals surface area contributed by atoms with E-state index in [0.29, 0.717) is 40.9 Å². The van der Waals surface area contributed by atoms with Crippen LogP contribution in [0.3, 0.4) is 0 Å². The van der Waals surface area contributed by atoms with Crippen LogP contribution in [0.5, 0.6) is 0 Å². The fourth-order valence-corrected chi connectivity index (χ4v) is 5.78. The first-order valence-electron chi connectivity index (χ1n) is 16.3. The van der Waals surface area contributed by atoms with Crippen LogP contribution in [0.1, 0.15) is 67.9 Å². The van der Waals surface area contributed by atoms with Crippen molar-refractivity contribution in [3.63, 3.8) is 0 Å². The molecular weight excluding hydrogens is 633 g/mol. The van der Waals surface area contributed by atoms with Gasteiger partial charge in [0.15, 0.2) is 0 Å². The number of halogens is 1. The molecular formula is C37H42FN3O8. The number of aliphatic hydroxyl groups excluding tert-OH is 2. The fourth-order valence-electron chi connectivity index (χ4n) is 5.78. The molecule has 1 heterocycles. The number of amides is 1. The van der Waals surface area contributed by atoms with E-state index in [4.69, 9.17) is 4.74 Å². The lowest BCUT2D eigenvalue weighted by Crippen LogP contribution is -2.23. The maximum atomic E-state index is 14.2. The molecule has 0 aliphatic heterocycles. The van der Waals surface area contributed by atoms with Gasteiger partial charge in [-0.15, -0.1) is 10.1 Å².